The summed E-state index contributed by atoms with van der Waals surface area (Å²) in [5, 5.41) is 13.0. The minimum absolute atomic E-state index is 0.130. The Balaban J connectivity index is 1.61. The van der Waals surface area contributed by atoms with E-state index in [0.29, 0.717) is 5.56 Å². The molecule has 1 N–H and O–H groups in total. The summed E-state index contributed by atoms with van der Waals surface area (Å²) >= 11 is 0. The van der Waals surface area contributed by atoms with Gasteiger partial charge in [0.1, 0.15) is 5.57 Å². The summed E-state index contributed by atoms with van der Waals surface area (Å²) in [7, 11) is 0. The molecule has 152 valence electrons. The molecule has 0 atom stereocenters. The molecule has 2 aliphatic heterocycles. The zero-order valence-electron chi connectivity index (χ0n) is 15.9. The largest absolute Gasteiger partial charge is 0.372 e. The predicted molar refractivity (Wildman–Crippen MR) is 110 cm³/mol. The molecule has 30 heavy (non-hydrogen) atoms. The Morgan fingerprint density at radius 2 is 1.50 bits per heavy atom. The molecule has 0 bridgehead atoms. The Morgan fingerprint density at radius 1 is 0.900 bits per heavy atom. The number of imide groups is 2. The smallest absolute Gasteiger partial charge is 0.335 e. The molecule has 0 saturated carbocycles. The van der Waals surface area contributed by atoms with Gasteiger partial charge in [-0.15, -0.1) is 0 Å². The van der Waals surface area contributed by atoms with Crippen molar-refractivity contribution in [2.45, 2.75) is 12.8 Å². The number of urea groups is 1. The summed E-state index contributed by atoms with van der Waals surface area (Å²) in [4.78, 5) is 50.7. The summed E-state index contributed by atoms with van der Waals surface area (Å²) in [6.07, 6.45) is 3.75. The average molecular weight is 406 g/mol. The van der Waals surface area contributed by atoms with Crippen LogP contribution < -0.4 is 15.1 Å². The first-order chi connectivity index (χ1) is 14.4. The van der Waals surface area contributed by atoms with E-state index >= 15 is 0 Å². The van der Waals surface area contributed by atoms with Gasteiger partial charge in [0.15, 0.2) is 0 Å². The Labute approximate surface area is 171 Å². The molecule has 2 heterocycles. The highest BCUT2D eigenvalue weighted by molar-refractivity contribution is 6.39. The molecule has 0 radical (unpaired) electrons. The van der Waals surface area contributed by atoms with Crippen molar-refractivity contribution >= 4 is 41.0 Å². The number of nitro groups is 1. The van der Waals surface area contributed by atoms with E-state index in [2.05, 4.69) is 10.2 Å². The molecule has 0 aromatic heterocycles. The third-order valence-electron chi connectivity index (χ3n) is 5.10. The lowest BCUT2D eigenvalue weighted by Gasteiger charge is -2.26. The fourth-order valence-corrected chi connectivity index (χ4v) is 3.54. The molecule has 2 aromatic rings. The second-order valence-corrected chi connectivity index (χ2v) is 7.02. The topological polar surface area (TPSA) is 113 Å². The van der Waals surface area contributed by atoms with Crippen LogP contribution >= 0.6 is 0 Å². The number of nitro benzene ring substituents is 1. The molecule has 2 saturated heterocycles. The SMILES string of the molecule is O=C1NC(=O)N(c2ccc([N+](=O)[O-])cc2)C(=O)/C1=C/c1ccc(N2CCCC2)cc1. The summed E-state index contributed by atoms with van der Waals surface area (Å²) in [6, 6.07) is 11.5. The number of nitrogens with one attached hydrogen (secondary N) is 1. The number of benzene rings is 2. The molecular weight excluding hydrogens is 388 g/mol. The second-order valence-electron chi connectivity index (χ2n) is 7.02. The third-order valence-corrected chi connectivity index (χ3v) is 5.10. The van der Waals surface area contributed by atoms with Crippen LogP contribution in [0.3, 0.4) is 0 Å². The highest BCUT2D eigenvalue weighted by Gasteiger charge is 2.36. The summed E-state index contributed by atoms with van der Waals surface area (Å²) < 4.78 is 0. The highest BCUT2D eigenvalue weighted by Crippen LogP contribution is 2.25. The van der Waals surface area contributed by atoms with Crippen LogP contribution in [0, 0.1) is 10.1 Å². The Kier molecular flexibility index (Phi) is 5.01. The molecule has 9 nitrogen and oxygen atoms in total. The van der Waals surface area contributed by atoms with Crippen LogP contribution in [0.5, 0.6) is 0 Å². The van der Waals surface area contributed by atoms with Gasteiger partial charge in [0.25, 0.3) is 17.5 Å². The molecule has 0 aliphatic carbocycles. The number of hydrogen-bond donors (Lipinski definition) is 1. The van der Waals surface area contributed by atoms with Crippen molar-refractivity contribution < 1.29 is 19.3 Å². The number of non-ortho nitro benzene ring substituents is 1. The molecule has 0 unspecified atom stereocenters. The molecule has 4 amide bonds. The van der Waals surface area contributed by atoms with Crippen LogP contribution in [0.25, 0.3) is 6.08 Å². The Hall–Kier alpha value is -4.01. The number of nitrogens with zero attached hydrogens (tertiary/aromatic N) is 3. The Morgan fingerprint density at radius 3 is 2.10 bits per heavy atom. The molecule has 2 fully saturated rings. The molecular formula is C21H18N4O5. The lowest BCUT2D eigenvalue weighted by Crippen LogP contribution is -2.54. The number of carbonyl (C=O) groups is 3. The van der Waals surface area contributed by atoms with Gasteiger partial charge in [-0.25, -0.2) is 9.69 Å². The minimum Gasteiger partial charge on any atom is -0.372 e. The van der Waals surface area contributed by atoms with Crippen molar-refractivity contribution in [2.75, 3.05) is 22.9 Å². The molecule has 0 spiro atoms. The van der Waals surface area contributed by atoms with E-state index in [4.69, 9.17) is 0 Å². The molecule has 2 aliphatic rings. The normalized spacial score (nSPS) is 18.1. The van der Waals surface area contributed by atoms with E-state index < -0.39 is 22.8 Å². The van der Waals surface area contributed by atoms with Crippen LogP contribution in [-0.4, -0.2) is 35.9 Å². The number of anilines is 2. The summed E-state index contributed by atoms with van der Waals surface area (Å²) in [6.45, 7) is 2.02. The van der Waals surface area contributed by atoms with Gasteiger partial charge in [-0.2, -0.15) is 0 Å². The fourth-order valence-electron chi connectivity index (χ4n) is 3.54. The van der Waals surface area contributed by atoms with E-state index in [9.17, 15) is 24.5 Å². The van der Waals surface area contributed by atoms with Crippen LogP contribution in [-0.2, 0) is 9.59 Å². The van der Waals surface area contributed by atoms with Crippen LogP contribution in [0.15, 0.2) is 54.1 Å². The number of hydrogen-bond acceptors (Lipinski definition) is 6. The number of barbiturate groups is 1. The van der Waals surface area contributed by atoms with Gasteiger partial charge in [-0.3, -0.25) is 25.0 Å². The first-order valence-corrected chi connectivity index (χ1v) is 9.45. The summed E-state index contributed by atoms with van der Waals surface area (Å²) in [5.41, 5.74) is 1.49. The van der Waals surface area contributed by atoms with E-state index in [1.54, 1.807) is 0 Å². The maximum Gasteiger partial charge on any atom is 0.335 e. The average Bonchev–Trinajstić information content (AvgIpc) is 3.27. The van der Waals surface area contributed by atoms with Gasteiger partial charge in [0.05, 0.1) is 10.6 Å². The first kappa shape index (κ1) is 19.3. The third kappa shape index (κ3) is 3.64. The molecule has 9 heteroatoms. The monoisotopic (exact) mass is 406 g/mol. The van der Waals surface area contributed by atoms with Crippen LogP contribution in [0.1, 0.15) is 18.4 Å². The van der Waals surface area contributed by atoms with Gasteiger partial charge >= 0.3 is 6.03 Å². The van der Waals surface area contributed by atoms with E-state index in [1.807, 2.05) is 24.3 Å². The van der Waals surface area contributed by atoms with Gasteiger partial charge in [-0.1, -0.05) is 12.1 Å². The van der Waals surface area contributed by atoms with E-state index in [0.717, 1.165) is 36.5 Å². The lowest BCUT2D eigenvalue weighted by molar-refractivity contribution is -0.384. The quantitative estimate of drug-likeness (QED) is 0.362. The molecule has 4 rings (SSSR count). The summed E-state index contributed by atoms with van der Waals surface area (Å²) in [5.74, 6) is -1.58. The van der Waals surface area contributed by atoms with E-state index in [-0.39, 0.29) is 16.9 Å². The van der Waals surface area contributed by atoms with Crippen molar-refractivity contribution in [2.24, 2.45) is 0 Å². The molecule has 2 aromatic carbocycles. The Bertz CT molecular complexity index is 1050. The van der Waals surface area contributed by atoms with Gasteiger partial charge in [0.2, 0.25) is 0 Å². The second kappa shape index (κ2) is 7.78. The van der Waals surface area contributed by atoms with Gasteiger partial charge in [0, 0.05) is 30.9 Å². The maximum absolute atomic E-state index is 12.9. The fraction of sp³-hybridized carbons (Fsp3) is 0.190. The highest BCUT2D eigenvalue weighted by atomic mass is 16.6. The standard InChI is InChI=1S/C21H18N4O5/c26-19-18(13-14-3-5-15(6-4-14)23-11-1-2-12-23)20(27)24(21(28)22-19)16-7-9-17(10-8-16)25(29)30/h3-10,13H,1-2,11-12H2,(H,22,26,28)/b18-13+. The number of amides is 4. The minimum atomic E-state index is -0.902. The lowest BCUT2D eigenvalue weighted by atomic mass is 10.1. The zero-order chi connectivity index (χ0) is 21.3. The van der Waals surface area contributed by atoms with Crippen molar-refractivity contribution in [1.82, 2.24) is 5.32 Å². The van der Waals surface area contributed by atoms with Crippen LogP contribution in [0.2, 0.25) is 0 Å². The number of carbonyl (C=O) groups excluding carboxylic acids is 3. The van der Waals surface area contributed by atoms with Crippen LogP contribution in [0.4, 0.5) is 21.9 Å². The van der Waals surface area contributed by atoms with Crippen molar-refractivity contribution in [1.29, 1.82) is 0 Å². The van der Waals surface area contributed by atoms with Crippen molar-refractivity contribution in [3.05, 3.63) is 69.8 Å². The maximum atomic E-state index is 12.9. The van der Waals surface area contributed by atoms with Crippen molar-refractivity contribution in [3.8, 4) is 0 Å². The van der Waals surface area contributed by atoms with Gasteiger partial charge < -0.3 is 4.90 Å². The first-order valence-electron chi connectivity index (χ1n) is 9.45. The predicted octanol–water partition coefficient (Wildman–Crippen LogP) is 2.86. The van der Waals surface area contributed by atoms with Crippen molar-refractivity contribution in [3.63, 3.8) is 0 Å². The zero-order valence-corrected chi connectivity index (χ0v) is 15.9. The van der Waals surface area contributed by atoms with E-state index in [1.165, 1.54) is 30.3 Å². The van der Waals surface area contributed by atoms with Gasteiger partial charge in [-0.05, 0) is 48.7 Å². The number of rotatable bonds is 4.